The lowest BCUT2D eigenvalue weighted by Gasteiger charge is -2.14. The van der Waals surface area contributed by atoms with Gasteiger partial charge in [0.1, 0.15) is 5.75 Å². The third-order valence-corrected chi connectivity index (χ3v) is 4.29. The Bertz CT molecular complexity index is 800. The molecule has 0 bridgehead atoms. The minimum atomic E-state index is -4.77. The smallest absolute Gasteiger partial charge is 0.406 e. The number of rotatable bonds is 3. The molecule has 3 nitrogen and oxygen atoms in total. The number of nitrogens with zero attached hydrogens (tertiary/aromatic N) is 1. The van der Waals surface area contributed by atoms with E-state index in [1.54, 1.807) is 13.1 Å². The van der Waals surface area contributed by atoms with Crippen molar-refractivity contribution in [2.24, 2.45) is 4.99 Å². The highest BCUT2D eigenvalue weighted by atomic mass is 19.4. The first kappa shape index (κ1) is 17.2. The molecule has 2 atom stereocenters. The monoisotopic (exact) mass is 347 g/mol. The molecule has 0 N–H and O–H groups in total. The van der Waals surface area contributed by atoms with Crippen molar-refractivity contribution in [1.82, 2.24) is 0 Å². The fraction of sp³-hybridized carbons (Fsp3) is 0.263. The minimum Gasteiger partial charge on any atom is -0.406 e. The van der Waals surface area contributed by atoms with Crippen LogP contribution in [0, 0.1) is 0 Å². The van der Waals surface area contributed by atoms with Crippen LogP contribution in [0.2, 0.25) is 0 Å². The molecule has 2 aromatic carbocycles. The van der Waals surface area contributed by atoms with Gasteiger partial charge in [0.25, 0.3) is 0 Å². The molecule has 130 valence electrons. The van der Waals surface area contributed by atoms with E-state index in [9.17, 15) is 18.0 Å². The standard InChI is InChI=1S/C19H16F3NO2/c1-23-16-11-15(12-6-3-2-4-7-12)18(24)17(16)13-8-5-9-14(10-13)25-19(20,21)22/h2-10,15,17H,11H2,1H3. The van der Waals surface area contributed by atoms with Gasteiger partial charge in [-0.25, -0.2) is 0 Å². The van der Waals surface area contributed by atoms with Crippen LogP contribution >= 0.6 is 0 Å². The molecular weight excluding hydrogens is 331 g/mol. The first-order chi connectivity index (χ1) is 11.9. The van der Waals surface area contributed by atoms with E-state index in [-0.39, 0.29) is 17.5 Å². The van der Waals surface area contributed by atoms with Gasteiger partial charge in [0.05, 0.1) is 5.92 Å². The average Bonchev–Trinajstić information content (AvgIpc) is 2.91. The highest BCUT2D eigenvalue weighted by molar-refractivity contribution is 6.18. The van der Waals surface area contributed by atoms with Crippen molar-refractivity contribution >= 4 is 11.5 Å². The summed E-state index contributed by atoms with van der Waals surface area (Å²) in [5.41, 5.74) is 2.02. The predicted molar refractivity (Wildman–Crippen MR) is 88.0 cm³/mol. The molecule has 2 unspecified atom stereocenters. The molecule has 0 aromatic heterocycles. The number of ketones is 1. The van der Waals surface area contributed by atoms with E-state index < -0.39 is 12.3 Å². The molecule has 2 aromatic rings. The fourth-order valence-electron chi connectivity index (χ4n) is 3.23. The van der Waals surface area contributed by atoms with Gasteiger partial charge in [-0.15, -0.1) is 13.2 Å². The molecule has 25 heavy (non-hydrogen) atoms. The Kier molecular flexibility index (Phi) is 4.61. The van der Waals surface area contributed by atoms with Crippen LogP contribution in [-0.4, -0.2) is 24.9 Å². The van der Waals surface area contributed by atoms with Crippen molar-refractivity contribution in [3.8, 4) is 5.75 Å². The van der Waals surface area contributed by atoms with Gasteiger partial charge in [-0.2, -0.15) is 0 Å². The van der Waals surface area contributed by atoms with Crippen LogP contribution in [0.5, 0.6) is 5.75 Å². The Morgan fingerprint density at radius 3 is 2.36 bits per heavy atom. The summed E-state index contributed by atoms with van der Waals surface area (Å²) in [7, 11) is 1.60. The second-order valence-electron chi connectivity index (χ2n) is 5.84. The number of halogens is 3. The summed E-state index contributed by atoms with van der Waals surface area (Å²) in [5.74, 6) is -1.38. The number of carbonyl (C=O) groups is 1. The number of hydrogen-bond acceptors (Lipinski definition) is 3. The number of Topliss-reactive ketones (excluding diaryl/α,β-unsaturated/α-hetero) is 1. The van der Waals surface area contributed by atoms with Gasteiger partial charge in [-0.05, 0) is 23.3 Å². The van der Waals surface area contributed by atoms with Crippen LogP contribution in [0.25, 0.3) is 0 Å². The van der Waals surface area contributed by atoms with Gasteiger partial charge in [-0.1, -0.05) is 42.5 Å². The highest BCUT2D eigenvalue weighted by Gasteiger charge is 2.41. The molecule has 6 heteroatoms. The summed E-state index contributed by atoms with van der Waals surface area (Å²) in [6.45, 7) is 0. The second kappa shape index (κ2) is 6.70. The zero-order valence-corrected chi connectivity index (χ0v) is 13.5. The number of alkyl halides is 3. The molecule has 1 fully saturated rings. The van der Waals surface area contributed by atoms with Crippen molar-refractivity contribution in [1.29, 1.82) is 0 Å². The minimum absolute atomic E-state index is 0.0593. The summed E-state index contributed by atoms with van der Waals surface area (Å²) in [5, 5.41) is 0. The molecule has 3 rings (SSSR count). The van der Waals surface area contributed by atoms with E-state index in [0.717, 1.165) is 5.56 Å². The lowest BCUT2D eigenvalue weighted by Crippen LogP contribution is -2.18. The molecule has 1 saturated carbocycles. The molecule has 0 aliphatic heterocycles. The number of benzene rings is 2. The average molecular weight is 347 g/mol. The summed E-state index contributed by atoms with van der Waals surface area (Å²) in [6, 6.07) is 14.9. The summed E-state index contributed by atoms with van der Waals surface area (Å²) in [6.07, 6.45) is -4.30. The molecular formula is C19H16F3NO2. The number of aliphatic imine (C=N–C) groups is 1. The first-order valence-electron chi connectivity index (χ1n) is 7.79. The van der Waals surface area contributed by atoms with Gasteiger partial charge in [0.15, 0.2) is 5.78 Å². The maximum Gasteiger partial charge on any atom is 0.573 e. The summed E-state index contributed by atoms with van der Waals surface area (Å²) < 4.78 is 41.3. The van der Waals surface area contributed by atoms with Gasteiger partial charge in [0.2, 0.25) is 0 Å². The topological polar surface area (TPSA) is 38.7 Å². The van der Waals surface area contributed by atoms with Gasteiger partial charge >= 0.3 is 6.36 Å². The lowest BCUT2D eigenvalue weighted by molar-refractivity contribution is -0.274. The van der Waals surface area contributed by atoms with Crippen LogP contribution < -0.4 is 4.74 Å². The predicted octanol–water partition coefficient (Wildman–Crippen LogP) is 4.50. The Morgan fingerprint density at radius 1 is 1.04 bits per heavy atom. The van der Waals surface area contributed by atoms with Crippen molar-refractivity contribution in [3.05, 3.63) is 65.7 Å². The van der Waals surface area contributed by atoms with Crippen molar-refractivity contribution in [2.45, 2.75) is 24.6 Å². The molecule has 0 spiro atoms. The number of ether oxygens (including phenoxy) is 1. The quantitative estimate of drug-likeness (QED) is 0.820. The Balaban J connectivity index is 1.93. The molecule has 0 heterocycles. The Labute approximate surface area is 143 Å². The van der Waals surface area contributed by atoms with Crippen molar-refractivity contribution in [3.63, 3.8) is 0 Å². The van der Waals surface area contributed by atoms with Gasteiger partial charge in [-0.3, -0.25) is 9.79 Å². The molecule has 1 aliphatic carbocycles. The normalized spacial score (nSPS) is 22.4. The van der Waals surface area contributed by atoms with Crippen LogP contribution in [0.4, 0.5) is 13.2 Å². The molecule has 0 radical (unpaired) electrons. The number of hydrogen-bond donors (Lipinski definition) is 0. The maximum absolute atomic E-state index is 12.9. The van der Waals surface area contributed by atoms with Crippen LogP contribution in [-0.2, 0) is 4.79 Å². The molecule has 0 saturated heterocycles. The Morgan fingerprint density at radius 2 is 1.72 bits per heavy atom. The second-order valence-corrected chi connectivity index (χ2v) is 5.84. The SMILES string of the molecule is CN=C1CC(c2ccccc2)C(=O)C1c1cccc(OC(F)(F)F)c1. The highest BCUT2D eigenvalue weighted by Crippen LogP contribution is 2.40. The van der Waals surface area contributed by atoms with Crippen molar-refractivity contribution < 1.29 is 22.7 Å². The van der Waals surface area contributed by atoms with E-state index in [4.69, 9.17) is 0 Å². The van der Waals surface area contributed by atoms with E-state index in [2.05, 4.69) is 9.73 Å². The first-order valence-corrected chi connectivity index (χ1v) is 7.79. The summed E-state index contributed by atoms with van der Waals surface area (Å²) in [4.78, 5) is 17.1. The van der Waals surface area contributed by atoms with Gasteiger partial charge < -0.3 is 4.74 Å². The number of carbonyl (C=O) groups excluding carboxylic acids is 1. The largest absolute Gasteiger partial charge is 0.573 e. The van der Waals surface area contributed by atoms with E-state index in [0.29, 0.717) is 17.7 Å². The zero-order chi connectivity index (χ0) is 18.0. The third kappa shape index (κ3) is 3.73. The Hall–Kier alpha value is -2.63. The molecule has 1 aliphatic rings. The van der Waals surface area contributed by atoms with Crippen molar-refractivity contribution in [2.75, 3.05) is 7.05 Å². The van der Waals surface area contributed by atoms with E-state index in [1.165, 1.54) is 18.2 Å². The van der Waals surface area contributed by atoms with Crippen LogP contribution in [0.1, 0.15) is 29.4 Å². The lowest BCUT2D eigenvalue weighted by atomic mass is 9.91. The van der Waals surface area contributed by atoms with E-state index in [1.807, 2.05) is 30.3 Å². The van der Waals surface area contributed by atoms with Crippen LogP contribution in [0.15, 0.2) is 59.6 Å². The van der Waals surface area contributed by atoms with E-state index >= 15 is 0 Å². The molecule has 0 amide bonds. The fourth-order valence-corrected chi connectivity index (χ4v) is 3.23. The zero-order valence-electron chi connectivity index (χ0n) is 13.5. The maximum atomic E-state index is 12.9. The third-order valence-electron chi connectivity index (χ3n) is 4.29. The van der Waals surface area contributed by atoms with Gasteiger partial charge in [0, 0.05) is 25.1 Å². The van der Waals surface area contributed by atoms with Crippen LogP contribution in [0.3, 0.4) is 0 Å². The summed E-state index contributed by atoms with van der Waals surface area (Å²) >= 11 is 0.